The van der Waals surface area contributed by atoms with Crippen LogP contribution in [0.15, 0.2) is 47.8 Å². The highest BCUT2D eigenvalue weighted by atomic mass is 16.7. The van der Waals surface area contributed by atoms with E-state index in [9.17, 15) is 4.79 Å². The van der Waals surface area contributed by atoms with Gasteiger partial charge >= 0.3 is 5.97 Å². The number of anilines is 1. The molecule has 144 valence electrons. The highest BCUT2D eigenvalue weighted by Crippen LogP contribution is 2.28. The van der Waals surface area contributed by atoms with Crippen molar-refractivity contribution in [1.29, 1.82) is 0 Å². The average molecular weight is 378 g/mol. The van der Waals surface area contributed by atoms with E-state index in [1.54, 1.807) is 22.8 Å². The fourth-order valence-corrected chi connectivity index (χ4v) is 2.95. The van der Waals surface area contributed by atoms with Gasteiger partial charge in [0.1, 0.15) is 11.7 Å². The van der Waals surface area contributed by atoms with E-state index in [-0.39, 0.29) is 12.0 Å². The van der Waals surface area contributed by atoms with Gasteiger partial charge in [-0.15, -0.1) is 0 Å². The molecule has 1 aliphatic rings. The number of aryl methyl sites for hydroxylation is 1. The third kappa shape index (κ3) is 3.80. The van der Waals surface area contributed by atoms with E-state index in [0.717, 1.165) is 35.6 Å². The van der Waals surface area contributed by atoms with Crippen molar-refractivity contribution >= 4 is 23.3 Å². The maximum absolute atomic E-state index is 12.1. The van der Waals surface area contributed by atoms with Crippen LogP contribution in [0.3, 0.4) is 0 Å². The molecule has 0 bridgehead atoms. The molecule has 1 atom stereocenters. The molecule has 3 aromatic rings. The SMILES string of the molecule is Cc1cc(N[C@@H](C)c2ccc(C(=O)O/N=C(\N)C3CC3)cc2)n2nccc2n1. The number of benzene rings is 1. The summed E-state index contributed by atoms with van der Waals surface area (Å²) in [4.78, 5) is 21.5. The van der Waals surface area contributed by atoms with Gasteiger partial charge in [-0.25, -0.2) is 9.78 Å². The Bertz CT molecular complexity index is 1040. The molecule has 2 aromatic heterocycles. The van der Waals surface area contributed by atoms with Crippen LogP contribution < -0.4 is 11.1 Å². The van der Waals surface area contributed by atoms with E-state index in [4.69, 9.17) is 10.6 Å². The summed E-state index contributed by atoms with van der Waals surface area (Å²) in [7, 11) is 0. The van der Waals surface area contributed by atoms with Gasteiger partial charge < -0.3 is 15.9 Å². The summed E-state index contributed by atoms with van der Waals surface area (Å²) < 4.78 is 1.76. The third-order valence-corrected chi connectivity index (χ3v) is 4.73. The van der Waals surface area contributed by atoms with Gasteiger partial charge in [0.25, 0.3) is 0 Å². The standard InChI is InChI=1S/C20H22N6O2/c1-12-11-18(26-17(23-12)9-10-22-26)24-13(2)14-3-7-16(8-4-14)20(27)28-25-19(21)15-5-6-15/h3-4,7-11,13,15,24H,5-6H2,1-2H3,(H2,21,25)/t13-/m0/s1. The van der Waals surface area contributed by atoms with Crippen molar-refractivity contribution in [1.82, 2.24) is 14.6 Å². The number of aromatic nitrogens is 3. The Morgan fingerprint density at radius 1 is 1.32 bits per heavy atom. The molecule has 3 N–H and O–H groups in total. The number of carbonyl (C=O) groups is 1. The Morgan fingerprint density at radius 3 is 2.79 bits per heavy atom. The van der Waals surface area contributed by atoms with Gasteiger partial charge in [0.15, 0.2) is 5.65 Å². The Labute approximate surface area is 162 Å². The number of carbonyl (C=O) groups excluding carboxylic acids is 1. The fraction of sp³-hybridized carbons (Fsp3) is 0.300. The first-order valence-electron chi connectivity index (χ1n) is 9.24. The van der Waals surface area contributed by atoms with Crippen molar-refractivity contribution in [3.05, 3.63) is 59.4 Å². The number of hydrogen-bond donors (Lipinski definition) is 2. The molecule has 0 aliphatic heterocycles. The quantitative estimate of drug-likeness (QED) is 0.295. The van der Waals surface area contributed by atoms with Gasteiger partial charge in [0.2, 0.25) is 0 Å². The van der Waals surface area contributed by atoms with Crippen molar-refractivity contribution in [3.8, 4) is 0 Å². The van der Waals surface area contributed by atoms with E-state index < -0.39 is 5.97 Å². The molecule has 2 heterocycles. The van der Waals surface area contributed by atoms with Crippen LogP contribution in [-0.4, -0.2) is 26.4 Å². The Morgan fingerprint density at radius 2 is 2.07 bits per heavy atom. The summed E-state index contributed by atoms with van der Waals surface area (Å²) in [5.41, 5.74) is 8.89. The Kier molecular flexibility index (Phi) is 4.68. The second-order valence-corrected chi connectivity index (χ2v) is 7.04. The number of rotatable bonds is 6. The van der Waals surface area contributed by atoms with Crippen molar-refractivity contribution in [2.24, 2.45) is 16.8 Å². The summed E-state index contributed by atoms with van der Waals surface area (Å²) in [6.45, 7) is 3.99. The Hall–Kier alpha value is -3.42. The van der Waals surface area contributed by atoms with Crippen LogP contribution in [0, 0.1) is 12.8 Å². The summed E-state index contributed by atoms with van der Waals surface area (Å²) >= 11 is 0. The molecule has 8 heteroatoms. The van der Waals surface area contributed by atoms with Crippen molar-refractivity contribution in [2.75, 3.05) is 5.32 Å². The first-order chi connectivity index (χ1) is 13.5. The molecular formula is C20H22N6O2. The minimum Gasteiger partial charge on any atom is -0.384 e. The lowest BCUT2D eigenvalue weighted by atomic mass is 10.1. The summed E-state index contributed by atoms with van der Waals surface area (Å²) in [6, 6.07) is 11.0. The third-order valence-electron chi connectivity index (χ3n) is 4.73. The molecule has 28 heavy (non-hydrogen) atoms. The van der Waals surface area contributed by atoms with E-state index in [1.807, 2.05) is 38.1 Å². The largest absolute Gasteiger partial charge is 0.384 e. The van der Waals surface area contributed by atoms with Crippen LogP contribution in [0.5, 0.6) is 0 Å². The average Bonchev–Trinajstić information content (AvgIpc) is 3.44. The van der Waals surface area contributed by atoms with E-state index in [2.05, 4.69) is 20.6 Å². The maximum Gasteiger partial charge on any atom is 0.365 e. The number of fused-ring (bicyclic) bond motifs is 1. The van der Waals surface area contributed by atoms with Gasteiger partial charge in [-0.3, -0.25) is 0 Å². The second-order valence-electron chi connectivity index (χ2n) is 7.04. The van der Waals surface area contributed by atoms with Crippen molar-refractivity contribution in [3.63, 3.8) is 0 Å². The fourth-order valence-electron chi connectivity index (χ4n) is 2.95. The number of nitrogens with two attached hydrogens (primary N) is 1. The van der Waals surface area contributed by atoms with Gasteiger partial charge in [0.05, 0.1) is 11.8 Å². The zero-order valence-electron chi connectivity index (χ0n) is 15.8. The zero-order valence-corrected chi connectivity index (χ0v) is 15.8. The molecule has 1 aromatic carbocycles. The predicted octanol–water partition coefficient (Wildman–Crippen LogP) is 3.05. The topological polar surface area (TPSA) is 107 Å². The van der Waals surface area contributed by atoms with Gasteiger partial charge in [-0.05, 0) is 44.4 Å². The first-order valence-corrected chi connectivity index (χ1v) is 9.24. The molecule has 1 saturated carbocycles. The Balaban J connectivity index is 1.45. The molecule has 0 radical (unpaired) electrons. The smallest absolute Gasteiger partial charge is 0.365 e. The van der Waals surface area contributed by atoms with Crippen LogP contribution in [0.4, 0.5) is 5.82 Å². The monoisotopic (exact) mass is 378 g/mol. The van der Waals surface area contributed by atoms with Gasteiger partial charge in [-0.2, -0.15) is 9.61 Å². The first kappa shape index (κ1) is 18.0. The van der Waals surface area contributed by atoms with Gasteiger partial charge in [0, 0.05) is 29.8 Å². The molecule has 1 fully saturated rings. The minimum atomic E-state index is -0.515. The maximum atomic E-state index is 12.1. The highest BCUT2D eigenvalue weighted by Gasteiger charge is 2.26. The van der Waals surface area contributed by atoms with Crippen LogP contribution in [0.1, 0.15) is 47.4 Å². The molecule has 0 unspecified atom stereocenters. The number of amidine groups is 1. The lowest BCUT2D eigenvalue weighted by Gasteiger charge is -2.17. The molecule has 1 aliphatic carbocycles. The van der Waals surface area contributed by atoms with E-state index in [0.29, 0.717) is 11.4 Å². The molecule has 4 rings (SSSR count). The number of nitrogens with one attached hydrogen (secondary N) is 1. The van der Waals surface area contributed by atoms with Crippen molar-refractivity contribution in [2.45, 2.75) is 32.7 Å². The molecule has 0 spiro atoms. The lowest BCUT2D eigenvalue weighted by molar-refractivity contribution is 0.0514. The normalized spacial score (nSPS) is 15.4. The second kappa shape index (κ2) is 7.30. The zero-order chi connectivity index (χ0) is 19.7. The van der Waals surface area contributed by atoms with Crippen LogP contribution in [0.25, 0.3) is 5.65 Å². The lowest BCUT2D eigenvalue weighted by Crippen LogP contribution is -2.16. The van der Waals surface area contributed by atoms with Crippen LogP contribution in [0.2, 0.25) is 0 Å². The minimum absolute atomic E-state index is 0.00259. The summed E-state index contributed by atoms with van der Waals surface area (Å²) in [5.74, 6) is 0.993. The van der Waals surface area contributed by atoms with Crippen molar-refractivity contribution < 1.29 is 9.63 Å². The summed E-state index contributed by atoms with van der Waals surface area (Å²) in [5, 5.41) is 11.5. The van der Waals surface area contributed by atoms with E-state index >= 15 is 0 Å². The predicted molar refractivity (Wildman–Crippen MR) is 106 cm³/mol. The number of oxime groups is 1. The van der Waals surface area contributed by atoms with Gasteiger partial charge in [-0.1, -0.05) is 17.3 Å². The highest BCUT2D eigenvalue weighted by molar-refractivity contribution is 5.91. The molecular weight excluding hydrogens is 356 g/mol. The molecule has 8 nitrogen and oxygen atoms in total. The number of hydrogen-bond acceptors (Lipinski definition) is 6. The van der Waals surface area contributed by atoms with Crippen LogP contribution >= 0.6 is 0 Å². The van der Waals surface area contributed by atoms with E-state index in [1.165, 1.54) is 0 Å². The van der Waals surface area contributed by atoms with Crippen LogP contribution in [-0.2, 0) is 4.84 Å². The molecule has 0 amide bonds. The molecule has 0 saturated heterocycles. The number of nitrogens with zero attached hydrogens (tertiary/aromatic N) is 4. The summed E-state index contributed by atoms with van der Waals surface area (Å²) in [6.07, 6.45) is 3.74.